The molecular formula is C20H27N3O2. The van der Waals surface area contributed by atoms with Crippen LogP contribution in [0.4, 0.5) is 0 Å². The zero-order valence-corrected chi connectivity index (χ0v) is 15.1. The maximum Gasteiger partial charge on any atom is 0.329 e. The molecule has 1 N–H and O–H groups in total. The SMILES string of the molecule is CCn1c(=O)n(CC(=O)NC(C)C2CC3CCC2C3)c2ccccc21. The second-order valence-electron chi connectivity index (χ2n) is 7.80. The Morgan fingerprint density at radius 1 is 1.20 bits per heavy atom. The van der Waals surface area contributed by atoms with Crippen molar-refractivity contribution in [2.45, 2.75) is 58.7 Å². The predicted molar refractivity (Wildman–Crippen MR) is 98.4 cm³/mol. The molecule has 1 aromatic heterocycles. The zero-order valence-electron chi connectivity index (χ0n) is 15.1. The highest BCUT2D eigenvalue weighted by Crippen LogP contribution is 2.49. The topological polar surface area (TPSA) is 56.0 Å². The van der Waals surface area contributed by atoms with E-state index in [1.54, 1.807) is 9.13 Å². The van der Waals surface area contributed by atoms with Crippen molar-refractivity contribution >= 4 is 16.9 Å². The van der Waals surface area contributed by atoms with E-state index in [0.29, 0.717) is 12.5 Å². The maximum atomic E-state index is 12.6. The lowest BCUT2D eigenvalue weighted by Gasteiger charge is -2.28. The van der Waals surface area contributed by atoms with Crippen LogP contribution in [-0.2, 0) is 17.9 Å². The Labute approximate surface area is 148 Å². The first kappa shape index (κ1) is 16.4. The second kappa shape index (κ2) is 6.36. The fraction of sp³-hybridized carbons (Fsp3) is 0.600. The van der Waals surface area contributed by atoms with E-state index in [0.717, 1.165) is 22.9 Å². The minimum Gasteiger partial charge on any atom is -0.352 e. The van der Waals surface area contributed by atoms with Crippen LogP contribution in [-0.4, -0.2) is 21.1 Å². The van der Waals surface area contributed by atoms with Crippen LogP contribution in [0.1, 0.15) is 39.5 Å². The van der Waals surface area contributed by atoms with Crippen LogP contribution in [0.2, 0.25) is 0 Å². The molecule has 2 bridgehead atoms. The molecule has 0 saturated heterocycles. The summed E-state index contributed by atoms with van der Waals surface area (Å²) in [4.78, 5) is 25.2. The summed E-state index contributed by atoms with van der Waals surface area (Å²) in [5.41, 5.74) is 1.62. The third-order valence-electron chi connectivity index (χ3n) is 6.37. The van der Waals surface area contributed by atoms with Crippen LogP contribution in [0.5, 0.6) is 0 Å². The molecule has 134 valence electrons. The van der Waals surface area contributed by atoms with Crippen LogP contribution in [0.15, 0.2) is 29.1 Å². The molecule has 4 rings (SSSR count). The number of rotatable bonds is 5. The normalized spacial score (nSPS) is 26.2. The largest absolute Gasteiger partial charge is 0.352 e. The number of para-hydroxylation sites is 2. The summed E-state index contributed by atoms with van der Waals surface area (Å²) in [6.45, 7) is 4.78. The van der Waals surface area contributed by atoms with Crippen molar-refractivity contribution < 1.29 is 4.79 Å². The third kappa shape index (κ3) is 2.79. The Bertz CT molecular complexity index is 850. The molecule has 2 fully saturated rings. The molecular weight excluding hydrogens is 314 g/mol. The number of aryl methyl sites for hydroxylation is 1. The fourth-order valence-corrected chi connectivity index (χ4v) is 5.19. The van der Waals surface area contributed by atoms with Gasteiger partial charge in [-0.3, -0.25) is 13.9 Å². The second-order valence-corrected chi connectivity index (χ2v) is 7.80. The molecule has 0 radical (unpaired) electrons. The number of nitrogens with one attached hydrogen (secondary N) is 1. The third-order valence-corrected chi connectivity index (χ3v) is 6.37. The number of fused-ring (bicyclic) bond motifs is 3. The number of aromatic nitrogens is 2. The monoisotopic (exact) mass is 341 g/mol. The number of nitrogens with zero attached hydrogens (tertiary/aromatic N) is 2. The van der Waals surface area contributed by atoms with Gasteiger partial charge in [0.15, 0.2) is 0 Å². The van der Waals surface area contributed by atoms with Gasteiger partial charge < -0.3 is 5.32 Å². The molecule has 1 aromatic carbocycles. The molecule has 25 heavy (non-hydrogen) atoms. The lowest BCUT2D eigenvalue weighted by Crippen LogP contribution is -2.42. The Hall–Kier alpha value is -2.04. The molecule has 1 heterocycles. The molecule has 0 spiro atoms. The molecule has 4 unspecified atom stereocenters. The summed E-state index contributed by atoms with van der Waals surface area (Å²) in [6.07, 6.45) is 5.28. The van der Waals surface area contributed by atoms with Crippen molar-refractivity contribution in [2.75, 3.05) is 0 Å². The van der Waals surface area contributed by atoms with Crippen molar-refractivity contribution in [3.63, 3.8) is 0 Å². The molecule has 2 aliphatic rings. The summed E-state index contributed by atoms with van der Waals surface area (Å²) in [7, 11) is 0. The summed E-state index contributed by atoms with van der Waals surface area (Å²) in [5.74, 6) is 2.21. The van der Waals surface area contributed by atoms with Crippen molar-refractivity contribution in [1.29, 1.82) is 0 Å². The molecule has 2 aliphatic carbocycles. The van der Waals surface area contributed by atoms with Crippen LogP contribution < -0.4 is 11.0 Å². The van der Waals surface area contributed by atoms with Gasteiger partial charge in [-0.05, 0) is 63.0 Å². The van der Waals surface area contributed by atoms with Crippen LogP contribution in [0.3, 0.4) is 0 Å². The zero-order chi connectivity index (χ0) is 17.6. The van der Waals surface area contributed by atoms with Crippen LogP contribution >= 0.6 is 0 Å². The summed E-state index contributed by atoms with van der Waals surface area (Å²) < 4.78 is 3.32. The van der Waals surface area contributed by atoms with E-state index < -0.39 is 0 Å². The van der Waals surface area contributed by atoms with Crippen LogP contribution in [0, 0.1) is 17.8 Å². The van der Waals surface area contributed by atoms with Crippen molar-refractivity contribution in [1.82, 2.24) is 14.5 Å². The number of carbonyl (C=O) groups excluding carboxylic acids is 1. The fourth-order valence-electron chi connectivity index (χ4n) is 5.19. The molecule has 0 aliphatic heterocycles. The lowest BCUT2D eigenvalue weighted by molar-refractivity contribution is -0.122. The van der Waals surface area contributed by atoms with Gasteiger partial charge in [0.05, 0.1) is 11.0 Å². The minimum atomic E-state index is -0.105. The number of hydrogen-bond donors (Lipinski definition) is 1. The van der Waals surface area contributed by atoms with E-state index in [-0.39, 0.29) is 24.2 Å². The van der Waals surface area contributed by atoms with E-state index in [4.69, 9.17) is 0 Å². The van der Waals surface area contributed by atoms with Crippen LogP contribution in [0.25, 0.3) is 11.0 Å². The Morgan fingerprint density at radius 3 is 2.52 bits per heavy atom. The van der Waals surface area contributed by atoms with Gasteiger partial charge in [0, 0.05) is 12.6 Å². The Kier molecular flexibility index (Phi) is 4.18. The number of amides is 1. The minimum absolute atomic E-state index is 0.0589. The van der Waals surface area contributed by atoms with E-state index in [1.165, 1.54) is 25.7 Å². The number of imidazole rings is 1. The molecule has 1 amide bonds. The van der Waals surface area contributed by atoms with Crippen molar-refractivity contribution in [3.05, 3.63) is 34.7 Å². The van der Waals surface area contributed by atoms with Gasteiger partial charge >= 0.3 is 5.69 Å². The first-order valence-electron chi connectivity index (χ1n) is 9.56. The first-order valence-corrected chi connectivity index (χ1v) is 9.56. The molecule has 2 saturated carbocycles. The van der Waals surface area contributed by atoms with Gasteiger partial charge in [-0.1, -0.05) is 18.6 Å². The quantitative estimate of drug-likeness (QED) is 0.909. The van der Waals surface area contributed by atoms with Gasteiger partial charge in [-0.15, -0.1) is 0 Å². The van der Waals surface area contributed by atoms with Gasteiger partial charge in [0.25, 0.3) is 0 Å². The standard InChI is InChI=1S/C20H27N3O2/c1-3-22-17-6-4-5-7-18(17)23(20(22)25)12-19(24)21-13(2)16-11-14-8-9-15(16)10-14/h4-7,13-16H,3,8-12H2,1-2H3,(H,21,24). The lowest BCUT2D eigenvalue weighted by atomic mass is 9.84. The summed E-state index contributed by atoms with van der Waals surface area (Å²) >= 11 is 0. The van der Waals surface area contributed by atoms with Gasteiger partial charge in [-0.2, -0.15) is 0 Å². The van der Waals surface area contributed by atoms with E-state index >= 15 is 0 Å². The average molecular weight is 341 g/mol. The molecule has 5 heteroatoms. The van der Waals surface area contributed by atoms with Gasteiger partial charge in [-0.25, -0.2) is 4.79 Å². The average Bonchev–Trinajstić information content (AvgIpc) is 3.29. The van der Waals surface area contributed by atoms with Crippen molar-refractivity contribution in [3.8, 4) is 0 Å². The number of hydrogen-bond acceptors (Lipinski definition) is 2. The number of carbonyl (C=O) groups is 1. The van der Waals surface area contributed by atoms with Crippen molar-refractivity contribution in [2.24, 2.45) is 17.8 Å². The highest BCUT2D eigenvalue weighted by atomic mass is 16.2. The van der Waals surface area contributed by atoms with Gasteiger partial charge in [0.1, 0.15) is 6.54 Å². The summed E-state index contributed by atoms with van der Waals surface area (Å²) in [6, 6.07) is 7.88. The van der Waals surface area contributed by atoms with E-state index in [9.17, 15) is 9.59 Å². The first-order chi connectivity index (χ1) is 12.1. The Balaban J connectivity index is 1.50. The van der Waals surface area contributed by atoms with E-state index in [2.05, 4.69) is 12.2 Å². The molecule has 5 nitrogen and oxygen atoms in total. The smallest absolute Gasteiger partial charge is 0.329 e. The Morgan fingerprint density at radius 2 is 1.92 bits per heavy atom. The number of benzene rings is 1. The van der Waals surface area contributed by atoms with E-state index in [1.807, 2.05) is 31.2 Å². The highest BCUT2D eigenvalue weighted by Gasteiger charge is 2.42. The highest BCUT2D eigenvalue weighted by molar-refractivity contribution is 5.81. The molecule has 2 aromatic rings. The predicted octanol–water partition coefficient (Wildman–Crippen LogP) is 2.76. The van der Waals surface area contributed by atoms with Gasteiger partial charge in [0.2, 0.25) is 5.91 Å². The summed E-state index contributed by atoms with van der Waals surface area (Å²) in [5, 5.41) is 3.17. The maximum absolute atomic E-state index is 12.6. The molecule has 4 atom stereocenters.